The molecule has 0 saturated carbocycles. The molecule has 1 rings (SSSR count). The van der Waals surface area contributed by atoms with E-state index in [2.05, 4.69) is 4.90 Å². The Labute approximate surface area is 95.3 Å². The minimum Gasteiger partial charge on any atom is -0.308 e. The van der Waals surface area contributed by atoms with Crippen LogP contribution in [0.4, 0.5) is 5.00 Å². The van der Waals surface area contributed by atoms with E-state index in [1.54, 1.807) is 11.3 Å². The number of rotatable bonds is 5. The molecule has 0 aromatic carbocycles. The van der Waals surface area contributed by atoms with Gasteiger partial charge in [-0.3, -0.25) is 4.79 Å². The van der Waals surface area contributed by atoms with Gasteiger partial charge < -0.3 is 9.80 Å². The maximum Gasteiger partial charge on any atom is 0.227 e. The molecular weight excluding hydrogens is 208 g/mol. The monoisotopic (exact) mass is 226 g/mol. The van der Waals surface area contributed by atoms with Crippen LogP contribution in [0.25, 0.3) is 0 Å². The Bertz CT molecular complexity index is 296. The van der Waals surface area contributed by atoms with Crippen molar-refractivity contribution in [1.82, 2.24) is 4.90 Å². The van der Waals surface area contributed by atoms with Gasteiger partial charge in [0, 0.05) is 19.5 Å². The zero-order valence-electron chi connectivity index (χ0n) is 9.56. The Hall–Kier alpha value is -0.870. The van der Waals surface area contributed by atoms with Gasteiger partial charge in [-0.25, -0.2) is 0 Å². The molecule has 0 N–H and O–H groups in total. The predicted octanol–water partition coefficient (Wildman–Crippen LogP) is 2.05. The smallest absolute Gasteiger partial charge is 0.227 e. The van der Waals surface area contributed by atoms with Gasteiger partial charge in [-0.15, -0.1) is 11.3 Å². The lowest BCUT2D eigenvalue weighted by Gasteiger charge is -2.22. The van der Waals surface area contributed by atoms with E-state index < -0.39 is 0 Å². The van der Waals surface area contributed by atoms with E-state index in [0.717, 1.165) is 18.1 Å². The lowest BCUT2D eigenvalue weighted by atomic mass is 10.3. The van der Waals surface area contributed by atoms with E-state index in [0.29, 0.717) is 6.42 Å². The largest absolute Gasteiger partial charge is 0.308 e. The van der Waals surface area contributed by atoms with Crippen molar-refractivity contribution in [3.63, 3.8) is 0 Å². The molecule has 0 aliphatic carbocycles. The summed E-state index contributed by atoms with van der Waals surface area (Å²) in [6.45, 7) is 3.56. The highest BCUT2D eigenvalue weighted by Crippen LogP contribution is 2.21. The normalized spacial score (nSPS) is 10.7. The minimum absolute atomic E-state index is 0.194. The Kier molecular flexibility index (Phi) is 4.78. The van der Waals surface area contributed by atoms with E-state index in [1.807, 2.05) is 43.4 Å². The number of thiophene rings is 1. The predicted molar refractivity (Wildman–Crippen MR) is 65.5 cm³/mol. The summed E-state index contributed by atoms with van der Waals surface area (Å²) in [6.07, 6.45) is 0.561. The van der Waals surface area contributed by atoms with Gasteiger partial charge in [-0.1, -0.05) is 6.92 Å². The van der Waals surface area contributed by atoms with Gasteiger partial charge in [-0.2, -0.15) is 0 Å². The molecule has 0 fully saturated rings. The Morgan fingerprint density at radius 2 is 2.13 bits per heavy atom. The summed E-state index contributed by atoms with van der Waals surface area (Å²) in [7, 11) is 4.03. The van der Waals surface area contributed by atoms with Gasteiger partial charge in [0.15, 0.2) is 0 Å². The molecule has 1 aromatic heterocycles. The summed E-state index contributed by atoms with van der Waals surface area (Å²) in [5.74, 6) is 0.194. The van der Waals surface area contributed by atoms with Crippen LogP contribution in [-0.2, 0) is 4.79 Å². The Morgan fingerprint density at radius 1 is 1.40 bits per heavy atom. The first kappa shape index (κ1) is 12.2. The molecule has 15 heavy (non-hydrogen) atoms. The molecule has 3 nitrogen and oxygen atoms in total. The zero-order chi connectivity index (χ0) is 11.3. The molecular formula is C11H18N2OS. The molecule has 0 aliphatic rings. The first-order valence-corrected chi connectivity index (χ1v) is 6.01. The third kappa shape index (κ3) is 3.64. The minimum atomic E-state index is 0.194. The van der Waals surface area contributed by atoms with Crippen molar-refractivity contribution in [3.05, 3.63) is 17.5 Å². The fraction of sp³-hybridized carbons (Fsp3) is 0.545. The van der Waals surface area contributed by atoms with Crippen LogP contribution in [0, 0.1) is 0 Å². The van der Waals surface area contributed by atoms with Crippen LogP contribution < -0.4 is 4.90 Å². The van der Waals surface area contributed by atoms with E-state index in [4.69, 9.17) is 0 Å². The van der Waals surface area contributed by atoms with Crippen molar-refractivity contribution in [1.29, 1.82) is 0 Å². The second-order valence-electron chi connectivity index (χ2n) is 3.65. The molecule has 1 heterocycles. The average molecular weight is 226 g/mol. The summed E-state index contributed by atoms with van der Waals surface area (Å²) in [4.78, 5) is 15.7. The molecule has 4 heteroatoms. The SMILES string of the molecule is CCC(=O)N(CCN(C)C)c1cccs1. The van der Waals surface area contributed by atoms with Crippen molar-refractivity contribution in [2.45, 2.75) is 13.3 Å². The molecule has 0 unspecified atom stereocenters. The van der Waals surface area contributed by atoms with Crippen molar-refractivity contribution < 1.29 is 4.79 Å². The highest BCUT2D eigenvalue weighted by molar-refractivity contribution is 7.14. The molecule has 0 radical (unpaired) electrons. The Balaban J connectivity index is 2.66. The first-order chi connectivity index (χ1) is 7.15. The molecule has 84 valence electrons. The topological polar surface area (TPSA) is 23.6 Å². The number of hydrogen-bond acceptors (Lipinski definition) is 3. The molecule has 1 amide bonds. The lowest BCUT2D eigenvalue weighted by molar-refractivity contribution is -0.118. The maximum absolute atomic E-state index is 11.7. The fourth-order valence-electron chi connectivity index (χ4n) is 1.27. The molecule has 0 atom stereocenters. The highest BCUT2D eigenvalue weighted by atomic mass is 32.1. The summed E-state index contributed by atoms with van der Waals surface area (Å²) in [6, 6.07) is 3.97. The molecule has 0 spiro atoms. The number of nitrogens with zero attached hydrogens (tertiary/aromatic N) is 2. The molecule has 0 bridgehead atoms. The van der Waals surface area contributed by atoms with E-state index in [9.17, 15) is 4.79 Å². The van der Waals surface area contributed by atoms with Gasteiger partial charge in [0.1, 0.15) is 0 Å². The number of carbonyl (C=O) groups excluding carboxylic acids is 1. The zero-order valence-corrected chi connectivity index (χ0v) is 10.4. The highest BCUT2D eigenvalue weighted by Gasteiger charge is 2.14. The van der Waals surface area contributed by atoms with Crippen LogP contribution in [0.15, 0.2) is 17.5 Å². The summed E-state index contributed by atoms with van der Waals surface area (Å²) in [5.41, 5.74) is 0. The molecule has 0 aliphatic heterocycles. The van der Waals surface area contributed by atoms with Gasteiger partial charge in [0.2, 0.25) is 5.91 Å². The lowest BCUT2D eigenvalue weighted by Crippen LogP contribution is -2.35. The first-order valence-electron chi connectivity index (χ1n) is 5.13. The summed E-state index contributed by atoms with van der Waals surface area (Å²) in [5, 5.41) is 3.05. The van der Waals surface area contributed by atoms with Crippen molar-refractivity contribution in [3.8, 4) is 0 Å². The maximum atomic E-state index is 11.7. The Morgan fingerprint density at radius 3 is 2.60 bits per heavy atom. The third-order valence-corrected chi connectivity index (χ3v) is 3.04. The van der Waals surface area contributed by atoms with E-state index in [-0.39, 0.29) is 5.91 Å². The van der Waals surface area contributed by atoms with Gasteiger partial charge in [0.05, 0.1) is 5.00 Å². The van der Waals surface area contributed by atoms with Gasteiger partial charge in [0.25, 0.3) is 0 Å². The van der Waals surface area contributed by atoms with Crippen molar-refractivity contribution >= 4 is 22.2 Å². The van der Waals surface area contributed by atoms with Crippen LogP contribution in [0.1, 0.15) is 13.3 Å². The average Bonchev–Trinajstić information content (AvgIpc) is 2.70. The van der Waals surface area contributed by atoms with Crippen LogP contribution in [0.5, 0.6) is 0 Å². The van der Waals surface area contributed by atoms with Crippen LogP contribution in [0.2, 0.25) is 0 Å². The van der Waals surface area contributed by atoms with Crippen LogP contribution in [0.3, 0.4) is 0 Å². The van der Waals surface area contributed by atoms with Crippen LogP contribution >= 0.6 is 11.3 Å². The standard InChI is InChI=1S/C11H18N2OS/c1-4-10(14)13(8-7-12(2)3)11-6-5-9-15-11/h5-6,9H,4,7-8H2,1-3H3. The molecule has 0 saturated heterocycles. The number of anilines is 1. The number of amides is 1. The van der Waals surface area contributed by atoms with Crippen LogP contribution in [-0.4, -0.2) is 38.0 Å². The number of likely N-dealkylation sites (N-methyl/N-ethyl adjacent to an activating group) is 1. The van der Waals surface area contributed by atoms with Gasteiger partial charge >= 0.3 is 0 Å². The second kappa shape index (κ2) is 5.88. The van der Waals surface area contributed by atoms with Gasteiger partial charge in [-0.05, 0) is 31.6 Å². The summed E-state index contributed by atoms with van der Waals surface area (Å²) >= 11 is 1.61. The fourth-order valence-corrected chi connectivity index (χ4v) is 2.05. The number of hydrogen-bond donors (Lipinski definition) is 0. The summed E-state index contributed by atoms with van der Waals surface area (Å²) < 4.78 is 0. The second-order valence-corrected chi connectivity index (χ2v) is 4.58. The van der Waals surface area contributed by atoms with Crippen molar-refractivity contribution in [2.75, 3.05) is 32.1 Å². The quantitative estimate of drug-likeness (QED) is 0.767. The number of carbonyl (C=O) groups is 1. The third-order valence-electron chi connectivity index (χ3n) is 2.15. The van der Waals surface area contributed by atoms with E-state index in [1.165, 1.54) is 0 Å². The van der Waals surface area contributed by atoms with Crippen molar-refractivity contribution in [2.24, 2.45) is 0 Å². The molecule has 1 aromatic rings. The van der Waals surface area contributed by atoms with E-state index >= 15 is 0 Å².